The number of hydrogen-bond acceptors (Lipinski definition) is 6. The van der Waals surface area contributed by atoms with Crippen molar-refractivity contribution >= 4 is 33.4 Å². The minimum absolute atomic E-state index is 0.0156. The summed E-state index contributed by atoms with van der Waals surface area (Å²) in [5, 5.41) is 0. The number of alkyl halides is 3. The molecule has 2 aromatic carbocycles. The van der Waals surface area contributed by atoms with Crippen molar-refractivity contribution in [2.24, 2.45) is 4.99 Å². The molecule has 4 rings (SSSR count). The molecular formula is C20H15F3N2O5S. The van der Waals surface area contributed by atoms with Crippen LogP contribution in [-0.2, 0) is 22.3 Å². The van der Waals surface area contributed by atoms with Crippen LogP contribution in [-0.4, -0.2) is 30.3 Å². The van der Waals surface area contributed by atoms with Crippen molar-refractivity contribution in [3.63, 3.8) is 0 Å². The zero-order valence-corrected chi connectivity index (χ0v) is 16.9. The highest BCUT2D eigenvalue weighted by Gasteiger charge is 2.31. The summed E-state index contributed by atoms with van der Waals surface area (Å²) >= 11 is 1.15. The van der Waals surface area contributed by atoms with Gasteiger partial charge in [-0.25, -0.2) is 0 Å². The first-order valence-electron chi connectivity index (χ1n) is 9.02. The van der Waals surface area contributed by atoms with Crippen LogP contribution in [0.2, 0.25) is 0 Å². The fraction of sp³-hybridized carbons (Fsp3) is 0.250. The fourth-order valence-electron chi connectivity index (χ4n) is 3.05. The number of halogens is 3. The molecule has 0 saturated carbocycles. The van der Waals surface area contributed by atoms with E-state index in [0.29, 0.717) is 21.7 Å². The van der Waals surface area contributed by atoms with Crippen molar-refractivity contribution in [3.8, 4) is 11.5 Å². The van der Waals surface area contributed by atoms with Crippen molar-refractivity contribution < 1.29 is 37.0 Å². The number of amides is 1. The summed E-state index contributed by atoms with van der Waals surface area (Å²) in [7, 11) is 1.26. The third-order valence-corrected chi connectivity index (χ3v) is 5.62. The number of fused-ring (bicyclic) bond motifs is 2. The first-order chi connectivity index (χ1) is 14.8. The molecule has 0 spiro atoms. The maximum absolute atomic E-state index is 13.0. The summed E-state index contributed by atoms with van der Waals surface area (Å²) in [5.74, 6) is -0.246. The lowest BCUT2D eigenvalue weighted by molar-refractivity contribution is -0.141. The lowest BCUT2D eigenvalue weighted by atomic mass is 10.1. The zero-order valence-electron chi connectivity index (χ0n) is 16.1. The predicted molar refractivity (Wildman–Crippen MR) is 104 cm³/mol. The smallest absolute Gasteiger partial charge is 0.416 e. The minimum atomic E-state index is -4.57. The Labute approximate surface area is 177 Å². The molecule has 7 nitrogen and oxygen atoms in total. The standard InChI is InChI=1S/C20H15F3N2O5S/c1-28-17(26)5-6-25-13-8-14-15(30-10-29-14)9-16(13)31-19(25)24-18(27)11-3-2-4-12(7-11)20(21,22)23/h2-4,7-9H,5-6,10H2,1H3. The molecule has 31 heavy (non-hydrogen) atoms. The molecule has 0 N–H and O–H groups in total. The van der Waals surface area contributed by atoms with Crippen molar-refractivity contribution in [1.29, 1.82) is 0 Å². The van der Waals surface area contributed by atoms with E-state index in [2.05, 4.69) is 9.73 Å². The number of benzene rings is 2. The van der Waals surface area contributed by atoms with Crippen molar-refractivity contribution in [2.45, 2.75) is 19.1 Å². The van der Waals surface area contributed by atoms with Gasteiger partial charge in [0.1, 0.15) is 0 Å². The number of hydrogen-bond donors (Lipinski definition) is 0. The van der Waals surface area contributed by atoms with Crippen LogP contribution in [0.1, 0.15) is 22.3 Å². The number of nitrogens with zero attached hydrogens (tertiary/aromatic N) is 2. The quantitative estimate of drug-likeness (QED) is 0.564. The average Bonchev–Trinajstić information content (AvgIpc) is 3.33. The molecule has 0 saturated heterocycles. The largest absolute Gasteiger partial charge is 0.469 e. The highest BCUT2D eigenvalue weighted by molar-refractivity contribution is 7.16. The second-order valence-corrected chi connectivity index (χ2v) is 7.54. The molecule has 1 aliphatic heterocycles. The average molecular weight is 452 g/mol. The highest BCUT2D eigenvalue weighted by Crippen LogP contribution is 2.37. The van der Waals surface area contributed by atoms with Crippen LogP contribution < -0.4 is 14.3 Å². The Balaban J connectivity index is 1.79. The topological polar surface area (TPSA) is 79.1 Å². The Morgan fingerprint density at radius 3 is 2.65 bits per heavy atom. The van der Waals surface area contributed by atoms with Gasteiger partial charge in [0.2, 0.25) is 6.79 Å². The number of thiazole rings is 1. The Morgan fingerprint density at radius 2 is 1.94 bits per heavy atom. The van der Waals surface area contributed by atoms with Gasteiger partial charge in [0, 0.05) is 24.2 Å². The highest BCUT2D eigenvalue weighted by atomic mass is 32.1. The van der Waals surface area contributed by atoms with Crippen LogP contribution in [0.4, 0.5) is 13.2 Å². The minimum Gasteiger partial charge on any atom is -0.469 e. The van der Waals surface area contributed by atoms with Crippen LogP contribution in [0.15, 0.2) is 41.4 Å². The van der Waals surface area contributed by atoms with Crippen LogP contribution >= 0.6 is 11.3 Å². The number of carbonyl (C=O) groups excluding carboxylic acids is 2. The monoisotopic (exact) mass is 452 g/mol. The first-order valence-corrected chi connectivity index (χ1v) is 9.84. The summed E-state index contributed by atoms with van der Waals surface area (Å²) in [6.07, 6.45) is -4.56. The maximum Gasteiger partial charge on any atom is 0.416 e. The van der Waals surface area contributed by atoms with E-state index in [4.69, 9.17) is 9.47 Å². The number of methoxy groups -OCH3 is 1. The Kier molecular flexibility index (Phi) is 5.44. The fourth-order valence-corrected chi connectivity index (χ4v) is 4.11. The van der Waals surface area contributed by atoms with Gasteiger partial charge in [-0.05, 0) is 18.2 Å². The van der Waals surface area contributed by atoms with Crippen molar-refractivity contribution in [1.82, 2.24) is 4.57 Å². The summed E-state index contributed by atoms with van der Waals surface area (Å²) in [6, 6.07) is 7.50. The lowest BCUT2D eigenvalue weighted by Gasteiger charge is -2.07. The molecule has 1 aliphatic rings. The van der Waals surface area contributed by atoms with Gasteiger partial charge in [-0.2, -0.15) is 18.2 Å². The molecule has 1 amide bonds. The molecule has 0 unspecified atom stereocenters. The number of esters is 1. The van der Waals surface area contributed by atoms with E-state index >= 15 is 0 Å². The maximum atomic E-state index is 13.0. The SMILES string of the molecule is COC(=O)CCn1c(=NC(=O)c2cccc(C(F)(F)F)c2)sc2cc3c(cc21)OCO3. The molecule has 3 aromatic rings. The van der Waals surface area contributed by atoms with E-state index in [1.807, 2.05) is 0 Å². The Bertz CT molecular complexity index is 1250. The number of carbonyl (C=O) groups is 2. The van der Waals surface area contributed by atoms with Gasteiger partial charge in [0.25, 0.3) is 5.91 Å². The van der Waals surface area contributed by atoms with E-state index < -0.39 is 23.6 Å². The molecule has 162 valence electrons. The molecule has 0 fully saturated rings. The number of rotatable bonds is 4. The molecular weight excluding hydrogens is 437 g/mol. The molecule has 2 heterocycles. The van der Waals surface area contributed by atoms with Gasteiger partial charge < -0.3 is 18.8 Å². The van der Waals surface area contributed by atoms with Crippen LogP contribution in [0.25, 0.3) is 10.2 Å². The summed E-state index contributed by atoms with van der Waals surface area (Å²) < 4.78 is 56.7. The van der Waals surface area contributed by atoms with E-state index in [1.165, 1.54) is 13.2 Å². The third kappa shape index (κ3) is 4.26. The Hall–Kier alpha value is -3.34. The predicted octanol–water partition coefficient (Wildman–Crippen LogP) is 3.75. The van der Waals surface area contributed by atoms with Gasteiger partial charge in [-0.1, -0.05) is 17.4 Å². The molecule has 0 atom stereocenters. The van der Waals surface area contributed by atoms with E-state index in [-0.39, 0.29) is 30.1 Å². The molecule has 0 radical (unpaired) electrons. The molecule has 1 aromatic heterocycles. The van der Waals surface area contributed by atoms with E-state index in [0.717, 1.165) is 29.5 Å². The second-order valence-electron chi connectivity index (χ2n) is 6.53. The number of aromatic nitrogens is 1. The van der Waals surface area contributed by atoms with Gasteiger partial charge >= 0.3 is 12.1 Å². The van der Waals surface area contributed by atoms with Crippen LogP contribution in [0.5, 0.6) is 11.5 Å². The number of ether oxygens (including phenoxy) is 3. The van der Waals surface area contributed by atoms with Crippen LogP contribution in [0.3, 0.4) is 0 Å². The molecule has 0 aliphatic carbocycles. The Morgan fingerprint density at radius 1 is 1.19 bits per heavy atom. The third-order valence-electron chi connectivity index (χ3n) is 4.58. The van der Waals surface area contributed by atoms with Gasteiger partial charge in [0.05, 0.1) is 29.3 Å². The van der Waals surface area contributed by atoms with Crippen molar-refractivity contribution in [3.05, 3.63) is 52.3 Å². The van der Waals surface area contributed by atoms with Gasteiger partial charge in [-0.3, -0.25) is 9.59 Å². The van der Waals surface area contributed by atoms with Gasteiger partial charge in [0.15, 0.2) is 16.3 Å². The summed E-state index contributed by atoms with van der Waals surface area (Å²) in [6.45, 7) is 0.237. The van der Waals surface area contributed by atoms with Crippen molar-refractivity contribution in [2.75, 3.05) is 13.9 Å². The van der Waals surface area contributed by atoms with E-state index in [1.54, 1.807) is 16.7 Å². The van der Waals surface area contributed by atoms with Crippen LogP contribution in [0, 0.1) is 0 Å². The molecule has 0 bridgehead atoms. The second kappa shape index (κ2) is 8.06. The number of aryl methyl sites for hydroxylation is 1. The van der Waals surface area contributed by atoms with E-state index in [9.17, 15) is 22.8 Å². The zero-order chi connectivity index (χ0) is 22.2. The normalized spacial score (nSPS) is 13.6. The summed E-state index contributed by atoms with van der Waals surface area (Å²) in [5.41, 5.74) is -0.483. The first kappa shape index (κ1) is 20.9. The lowest BCUT2D eigenvalue weighted by Crippen LogP contribution is -2.19. The summed E-state index contributed by atoms with van der Waals surface area (Å²) in [4.78, 5) is 28.5. The molecule has 11 heteroatoms. The van der Waals surface area contributed by atoms with Gasteiger partial charge in [-0.15, -0.1) is 0 Å².